The Bertz CT molecular complexity index is 1410. The largest absolute Gasteiger partial charge is 0.493 e. The number of Topliss-reactive ketones (excluding diaryl/α,β-unsaturated/α-hetero) is 1. The molecular formula is C29H29ClN2O8. The first-order valence-electron chi connectivity index (χ1n) is 13.1. The number of carbonyl (C=O) groups is 3. The van der Waals surface area contributed by atoms with Crippen LogP contribution in [0, 0.1) is 0 Å². The number of rotatable bonds is 10. The molecule has 5 rings (SSSR count). The zero-order valence-corrected chi connectivity index (χ0v) is 22.7. The summed E-state index contributed by atoms with van der Waals surface area (Å²) in [5.74, 6) is -1.15. The molecule has 1 saturated heterocycles. The standard InChI is InChI=1S/C29H29ClN2O8/c1-36-24-16-19(28(35)29-38-25(33)8-9-26(34)39-29)4-7-22(24)37-15-3-2-12-32-13-10-18(11-14-32)27-21-6-5-20(30)17-23(21)40-31-27/h4-9,16-18,29H,2-3,10-15H2,1H3. The second-order valence-electron chi connectivity index (χ2n) is 9.65. The lowest BCUT2D eigenvalue weighted by molar-refractivity contribution is -0.169. The number of cyclic esters (lactones) is 2. The van der Waals surface area contributed by atoms with Gasteiger partial charge in [-0.15, -0.1) is 0 Å². The van der Waals surface area contributed by atoms with Gasteiger partial charge in [0.15, 0.2) is 17.1 Å². The van der Waals surface area contributed by atoms with Crippen LogP contribution >= 0.6 is 11.6 Å². The van der Waals surface area contributed by atoms with Gasteiger partial charge in [-0.2, -0.15) is 0 Å². The molecule has 0 unspecified atom stereocenters. The van der Waals surface area contributed by atoms with E-state index in [4.69, 9.17) is 35.1 Å². The van der Waals surface area contributed by atoms with Crippen molar-refractivity contribution in [1.29, 1.82) is 0 Å². The Kier molecular flexibility index (Phi) is 8.66. The number of hydrogen-bond acceptors (Lipinski definition) is 10. The molecule has 2 aliphatic heterocycles. The maximum Gasteiger partial charge on any atom is 0.334 e. The van der Waals surface area contributed by atoms with Crippen LogP contribution in [-0.4, -0.2) is 67.4 Å². The minimum absolute atomic E-state index is 0.155. The number of likely N-dealkylation sites (tertiary alicyclic amines) is 1. The number of aromatic nitrogens is 1. The minimum Gasteiger partial charge on any atom is -0.493 e. The highest BCUT2D eigenvalue weighted by Gasteiger charge is 2.30. The average Bonchev–Trinajstić information content (AvgIpc) is 3.30. The van der Waals surface area contributed by atoms with Crippen LogP contribution < -0.4 is 9.47 Å². The third-order valence-electron chi connectivity index (χ3n) is 7.03. The van der Waals surface area contributed by atoms with Crippen molar-refractivity contribution in [2.75, 3.05) is 33.4 Å². The van der Waals surface area contributed by atoms with Gasteiger partial charge in [0.25, 0.3) is 0 Å². The van der Waals surface area contributed by atoms with Crippen LogP contribution in [0.15, 0.2) is 53.1 Å². The van der Waals surface area contributed by atoms with Gasteiger partial charge in [-0.1, -0.05) is 16.8 Å². The Hall–Kier alpha value is -3.89. The molecule has 2 aliphatic rings. The molecule has 210 valence electrons. The summed E-state index contributed by atoms with van der Waals surface area (Å²) in [6.07, 6.45) is 4.03. The second-order valence-corrected chi connectivity index (χ2v) is 10.1. The predicted molar refractivity (Wildman–Crippen MR) is 145 cm³/mol. The molecular weight excluding hydrogens is 540 g/mol. The van der Waals surface area contributed by atoms with Crippen molar-refractivity contribution in [2.24, 2.45) is 0 Å². The zero-order valence-electron chi connectivity index (χ0n) is 22.0. The van der Waals surface area contributed by atoms with Crippen LogP contribution in [0.3, 0.4) is 0 Å². The molecule has 0 radical (unpaired) electrons. The van der Waals surface area contributed by atoms with Crippen molar-refractivity contribution in [1.82, 2.24) is 10.1 Å². The van der Waals surface area contributed by atoms with Crippen LogP contribution in [-0.2, 0) is 19.1 Å². The fourth-order valence-corrected chi connectivity index (χ4v) is 5.07. The number of unbranched alkanes of at least 4 members (excludes halogenated alkanes) is 1. The molecule has 0 N–H and O–H groups in total. The van der Waals surface area contributed by atoms with E-state index in [2.05, 4.69) is 10.1 Å². The summed E-state index contributed by atoms with van der Waals surface area (Å²) in [6.45, 7) is 3.46. The van der Waals surface area contributed by atoms with Gasteiger partial charge in [-0.3, -0.25) is 4.79 Å². The summed E-state index contributed by atoms with van der Waals surface area (Å²) in [6, 6.07) is 10.3. The van der Waals surface area contributed by atoms with Crippen molar-refractivity contribution < 1.29 is 37.9 Å². The maximum atomic E-state index is 12.7. The van der Waals surface area contributed by atoms with E-state index in [1.165, 1.54) is 19.2 Å². The number of benzene rings is 2. The molecule has 11 heteroatoms. The van der Waals surface area contributed by atoms with E-state index in [1.807, 2.05) is 12.1 Å². The highest BCUT2D eigenvalue weighted by Crippen LogP contribution is 2.34. The minimum atomic E-state index is -1.66. The van der Waals surface area contributed by atoms with Gasteiger partial charge < -0.3 is 28.4 Å². The van der Waals surface area contributed by atoms with Gasteiger partial charge in [0, 0.05) is 40.1 Å². The number of ketones is 1. The summed E-state index contributed by atoms with van der Waals surface area (Å²) in [7, 11) is 1.46. The van der Waals surface area contributed by atoms with E-state index < -0.39 is 24.0 Å². The third kappa shape index (κ3) is 6.46. The average molecular weight is 569 g/mol. The summed E-state index contributed by atoms with van der Waals surface area (Å²) >= 11 is 6.06. The first-order chi connectivity index (χ1) is 19.4. The first kappa shape index (κ1) is 27.7. The predicted octanol–water partition coefficient (Wildman–Crippen LogP) is 4.69. The molecule has 10 nitrogen and oxygen atoms in total. The smallest absolute Gasteiger partial charge is 0.334 e. The van der Waals surface area contributed by atoms with Crippen molar-refractivity contribution in [2.45, 2.75) is 37.9 Å². The van der Waals surface area contributed by atoms with Crippen molar-refractivity contribution in [3.8, 4) is 11.5 Å². The van der Waals surface area contributed by atoms with E-state index in [1.54, 1.807) is 12.1 Å². The Balaban J connectivity index is 1.06. The van der Waals surface area contributed by atoms with Crippen molar-refractivity contribution >= 4 is 40.3 Å². The molecule has 0 saturated carbocycles. The molecule has 0 amide bonds. The first-order valence-corrected chi connectivity index (χ1v) is 13.5. The second kappa shape index (κ2) is 12.5. The summed E-state index contributed by atoms with van der Waals surface area (Å²) < 4.78 is 26.5. The lowest BCUT2D eigenvalue weighted by Gasteiger charge is -2.31. The van der Waals surface area contributed by atoms with E-state index in [9.17, 15) is 14.4 Å². The molecule has 1 fully saturated rings. The number of fused-ring (bicyclic) bond motifs is 1. The Morgan fingerprint density at radius 1 is 1.02 bits per heavy atom. The van der Waals surface area contributed by atoms with Gasteiger partial charge in [-0.25, -0.2) is 9.59 Å². The SMILES string of the molecule is COc1cc(C(=O)C2OC(=O)C=CC(=O)O2)ccc1OCCCCN1CCC(c2noc3cc(Cl)ccc23)CC1. The Morgan fingerprint density at radius 3 is 2.50 bits per heavy atom. The summed E-state index contributed by atoms with van der Waals surface area (Å²) in [5.41, 5.74) is 1.91. The highest BCUT2D eigenvalue weighted by atomic mass is 35.5. The van der Waals surface area contributed by atoms with Gasteiger partial charge in [-0.05, 0) is 75.6 Å². The fraction of sp³-hybridized carbons (Fsp3) is 0.379. The van der Waals surface area contributed by atoms with E-state index in [0.29, 0.717) is 29.0 Å². The van der Waals surface area contributed by atoms with Crippen LogP contribution in [0.25, 0.3) is 11.0 Å². The number of nitrogens with zero attached hydrogens (tertiary/aromatic N) is 2. The number of ether oxygens (including phenoxy) is 4. The number of piperidine rings is 1. The summed E-state index contributed by atoms with van der Waals surface area (Å²) in [4.78, 5) is 38.4. The molecule has 40 heavy (non-hydrogen) atoms. The fourth-order valence-electron chi connectivity index (χ4n) is 4.91. The monoisotopic (exact) mass is 568 g/mol. The van der Waals surface area contributed by atoms with Crippen LogP contribution in [0.4, 0.5) is 0 Å². The molecule has 3 aromatic rings. The molecule has 1 aromatic heterocycles. The van der Waals surface area contributed by atoms with Crippen molar-refractivity contribution in [3.05, 3.63) is 64.8 Å². The highest BCUT2D eigenvalue weighted by molar-refractivity contribution is 6.31. The van der Waals surface area contributed by atoms with Crippen LogP contribution in [0.2, 0.25) is 5.02 Å². The zero-order chi connectivity index (χ0) is 28.1. The van der Waals surface area contributed by atoms with Gasteiger partial charge in [0.2, 0.25) is 5.78 Å². The maximum absolute atomic E-state index is 12.7. The molecule has 0 spiro atoms. The number of carbonyl (C=O) groups excluding carboxylic acids is 3. The molecule has 0 bridgehead atoms. The van der Waals surface area contributed by atoms with Crippen molar-refractivity contribution in [3.63, 3.8) is 0 Å². The molecule has 2 aromatic carbocycles. The van der Waals surface area contributed by atoms with Crippen LogP contribution in [0.1, 0.15) is 47.7 Å². The number of hydrogen-bond donors (Lipinski definition) is 0. The van der Waals surface area contributed by atoms with Crippen LogP contribution in [0.5, 0.6) is 11.5 Å². The number of halogens is 1. The van der Waals surface area contributed by atoms with Gasteiger partial charge in [0.05, 0.1) is 19.4 Å². The molecule has 0 aliphatic carbocycles. The quantitative estimate of drug-likeness (QED) is 0.193. The van der Waals surface area contributed by atoms with E-state index in [-0.39, 0.29) is 5.56 Å². The third-order valence-corrected chi connectivity index (χ3v) is 7.26. The summed E-state index contributed by atoms with van der Waals surface area (Å²) in [5, 5.41) is 6.01. The lowest BCUT2D eigenvalue weighted by atomic mass is 9.91. The van der Waals surface area contributed by atoms with Gasteiger partial charge >= 0.3 is 18.2 Å². The topological polar surface area (TPSA) is 117 Å². The number of esters is 2. The lowest BCUT2D eigenvalue weighted by Crippen LogP contribution is -2.34. The van der Waals surface area contributed by atoms with Gasteiger partial charge in [0.1, 0.15) is 0 Å². The van der Waals surface area contributed by atoms with E-state index >= 15 is 0 Å². The normalized spacial score (nSPS) is 16.9. The Morgan fingerprint density at radius 2 is 1.77 bits per heavy atom. The Labute approximate surface area is 235 Å². The molecule has 0 atom stereocenters. The van der Waals surface area contributed by atoms with E-state index in [0.717, 1.165) is 74.1 Å². The molecule has 3 heterocycles. The number of methoxy groups -OCH3 is 1.